The quantitative estimate of drug-likeness (QED) is 0.761. The second-order valence-corrected chi connectivity index (χ2v) is 6.51. The summed E-state index contributed by atoms with van der Waals surface area (Å²) in [5.74, 6) is -1.92. The molecule has 104 valence electrons. The van der Waals surface area contributed by atoms with Crippen LogP contribution in [0.2, 0.25) is 0 Å². The average Bonchev–Trinajstić information content (AvgIpc) is 2.18. The first-order chi connectivity index (χ1) is 8.23. The van der Waals surface area contributed by atoms with Crippen molar-refractivity contribution in [2.75, 3.05) is 0 Å². The van der Waals surface area contributed by atoms with Crippen molar-refractivity contribution in [3.05, 3.63) is 0 Å². The van der Waals surface area contributed by atoms with Gasteiger partial charge in [0.25, 0.3) is 0 Å². The van der Waals surface area contributed by atoms with Gasteiger partial charge in [-0.25, -0.2) is 0 Å². The SMILES string of the molecule is CC1CCCCC1NC(=O)C(C(=O)O)C(C)(C)C. The second-order valence-electron chi connectivity index (χ2n) is 6.51. The number of rotatable bonds is 3. The normalized spacial score (nSPS) is 26.4. The van der Waals surface area contributed by atoms with Gasteiger partial charge in [-0.05, 0) is 24.2 Å². The van der Waals surface area contributed by atoms with Gasteiger partial charge < -0.3 is 10.4 Å². The lowest BCUT2D eigenvalue weighted by Gasteiger charge is -2.33. The smallest absolute Gasteiger partial charge is 0.316 e. The van der Waals surface area contributed by atoms with Crippen LogP contribution >= 0.6 is 0 Å². The molecular weight excluding hydrogens is 230 g/mol. The summed E-state index contributed by atoms with van der Waals surface area (Å²) >= 11 is 0. The Bertz CT molecular complexity index is 319. The molecule has 3 atom stereocenters. The van der Waals surface area contributed by atoms with Crippen LogP contribution in [0.25, 0.3) is 0 Å². The zero-order valence-corrected chi connectivity index (χ0v) is 11.8. The minimum atomic E-state index is -1.04. The van der Waals surface area contributed by atoms with E-state index in [2.05, 4.69) is 12.2 Å². The fourth-order valence-corrected chi connectivity index (χ4v) is 2.67. The molecule has 4 nitrogen and oxygen atoms in total. The van der Waals surface area contributed by atoms with Gasteiger partial charge in [-0.3, -0.25) is 9.59 Å². The van der Waals surface area contributed by atoms with E-state index in [0.717, 1.165) is 19.3 Å². The van der Waals surface area contributed by atoms with Crippen LogP contribution in [0, 0.1) is 17.3 Å². The number of carboxylic acids is 1. The third-order valence-electron chi connectivity index (χ3n) is 3.81. The van der Waals surface area contributed by atoms with Crippen molar-refractivity contribution in [3.8, 4) is 0 Å². The summed E-state index contributed by atoms with van der Waals surface area (Å²) in [5.41, 5.74) is -0.562. The third kappa shape index (κ3) is 3.72. The number of hydrogen-bond acceptors (Lipinski definition) is 2. The minimum Gasteiger partial charge on any atom is -0.481 e. The molecule has 1 aliphatic rings. The topological polar surface area (TPSA) is 66.4 Å². The predicted molar refractivity (Wildman–Crippen MR) is 70.1 cm³/mol. The van der Waals surface area contributed by atoms with Crippen molar-refractivity contribution in [1.82, 2.24) is 5.32 Å². The van der Waals surface area contributed by atoms with Crippen molar-refractivity contribution < 1.29 is 14.7 Å². The first-order valence-corrected chi connectivity index (χ1v) is 6.76. The molecule has 0 bridgehead atoms. The molecule has 0 aliphatic heterocycles. The van der Waals surface area contributed by atoms with Crippen LogP contribution in [0.1, 0.15) is 53.4 Å². The molecule has 1 fully saturated rings. The van der Waals surface area contributed by atoms with Crippen LogP contribution in [0.15, 0.2) is 0 Å². The van der Waals surface area contributed by atoms with Gasteiger partial charge in [0.15, 0.2) is 0 Å². The molecule has 0 heterocycles. The molecule has 0 saturated heterocycles. The Kier molecular flexibility index (Phi) is 4.77. The number of carbonyl (C=O) groups is 2. The van der Waals surface area contributed by atoms with Gasteiger partial charge in [-0.2, -0.15) is 0 Å². The molecule has 0 spiro atoms. The number of carbonyl (C=O) groups excluding carboxylic acids is 1. The third-order valence-corrected chi connectivity index (χ3v) is 3.81. The van der Waals surface area contributed by atoms with Gasteiger partial charge in [0, 0.05) is 6.04 Å². The van der Waals surface area contributed by atoms with Gasteiger partial charge in [0.05, 0.1) is 0 Å². The van der Waals surface area contributed by atoms with E-state index in [4.69, 9.17) is 0 Å². The van der Waals surface area contributed by atoms with Crippen molar-refractivity contribution in [2.24, 2.45) is 17.3 Å². The maximum Gasteiger partial charge on any atom is 0.316 e. The Balaban J connectivity index is 2.70. The molecule has 1 aliphatic carbocycles. The van der Waals surface area contributed by atoms with E-state index in [-0.39, 0.29) is 11.9 Å². The lowest BCUT2D eigenvalue weighted by molar-refractivity contribution is -0.152. The van der Waals surface area contributed by atoms with Crippen molar-refractivity contribution in [3.63, 3.8) is 0 Å². The lowest BCUT2D eigenvalue weighted by Crippen LogP contribution is -2.49. The molecule has 1 rings (SSSR count). The fourth-order valence-electron chi connectivity index (χ4n) is 2.67. The molecule has 18 heavy (non-hydrogen) atoms. The molecular formula is C14H25NO3. The minimum absolute atomic E-state index is 0.135. The van der Waals surface area contributed by atoms with E-state index in [1.165, 1.54) is 6.42 Å². The van der Waals surface area contributed by atoms with Crippen LogP contribution < -0.4 is 5.32 Å². The van der Waals surface area contributed by atoms with Crippen LogP contribution in [0.3, 0.4) is 0 Å². The zero-order chi connectivity index (χ0) is 13.9. The molecule has 4 heteroatoms. The van der Waals surface area contributed by atoms with E-state index in [1.54, 1.807) is 20.8 Å². The summed E-state index contributed by atoms with van der Waals surface area (Å²) in [5, 5.41) is 12.2. The molecule has 0 aromatic carbocycles. The summed E-state index contributed by atoms with van der Waals surface area (Å²) in [6.45, 7) is 7.48. The summed E-state index contributed by atoms with van der Waals surface area (Å²) in [7, 11) is 0. The predicted octanol–water partition coefficient (Wildman–Crippen LogP) is 2.43. The van der Waals surface area contributed by atoms with Crippen LogP contribution in [0.4, 0.5) is 0 Å². The van der Waals surface area contributed by atoms with Crippen molar-refractivity contribution in [1.29, 1.82) is 0 Å². The Labute approximate surface area is 109 Å². The summed E-state index contributed by atoms with van der Waals surface area (Å²) in [6.07, 6.45) is 4.39. The van der Waals surface area contributed by atoms with Gasteiger partial charge in [0.1, 0.15) is 5.92 Å². The highest BCUT2D eigenvalue weighted by molar-refractivity contribution is 5.97. The summed E-state index contributed by atoms with van der Waals surface area (Å²) < 4.78 is 0. The lowest BCUT2D eigenvalue weighted by atomic mass is 9.79. The maximum absolute atomic E-state index is 12.2. The van der Waals surface area contributed by atoms with Gasteiger partial charge >= 0.3 is 5.97 Å². The number of hydrogen-bond donors (Lipinski definition) is 2. The molecule has 2 N–H and O–H groups in total. The Morgan fingerprint density at radius 3 is 2.22 bits per heavy atom. The molecule has 1 saturated carbocycles. The molecule has 3 unspecified atom stereocenters. The second kappa shape index (κ2) is 5.72. The van der Waals surface area contributed by atoms with Crippen LogP contribution in [0.5, 0.6) is 0 Å². The molecule has 0 aromatic rings. The maximum atomic E-state index is 12.2. The van der Waals surface area contributed by atoms with E-state index in [9.17, 15) is 14.7 Å². The van der Waals surface area contributed by atoms with E-state index >= 15 is 0 Å². The first kappa shape index (κ1) is 15.0. The zero-order valence-electron chi connectivity index (χ0n) is 11.8. The molecule has 0 radical (unpaired) electrons. The van der Waals surface area contributed by atoms with Gasteiger partial charge in [0.2, 0.25) is 5.91 Å². The Hall–Kier alpha value is -1.06. The Morgan fingerprint density at radius 1 is 1.22 bits per heavy atom. The molecule has 0 aromatic heterocycles. The van der Waals surface area contributed by atoms with Crippen molar-refractivity contribution in [2.45, 2.75) is 59.4 Å². The standard InChI is InChI=1S/C14H25NO3/c1-9-7-5-6-8-10(9)15-12(16)11(13(17)18)14(2,3)4/h9-11H,5-8H2,1-4H3,(H,15,16)(H,17,18). The number of amides is 1. The average molecular weight is 255 g/mol. The largest absolute Gasteiger partial charge is 0.481 e. The monoisotopic (exact) mass is 255 g/mol. The van der Waals surface area contributed by atoms with Gasteiger partial charge in [-0.1, -0.05) is 40.5 Å². The van der Waals surface area contributed by atoms with Crippen LogP contribution in [-0.2, 0) is 9.59 Å². The van der Waals surface area contributed by atoms with Crippen molar-refractivity contribution >= 4 is 11.9 Å². The fraction of sp³-hybridized carbons (Fsp3) is 0.857. The highest BCUT2D eigenvalue weighted by Gasteiger charge is 2.39. The Morgan fingerprint density at radius 2 is 1.78 bits per heavy atom. The summed E-state index contributed by atoms with van der Waals surface area (Å²) in [4.78, 5) is 23.4. The van der Waals surface area contributed by atoms with Gasteiger partial charge in [-0.15, -0.1) is 0 Å². The number of aliphatic carboxylic acids is 1. The number of carboxylic acid groups (broad SMARTS) is 1. The van der Waals surface area contributed by atoms with E-state index in [1.807, 2.05) is 0 Å². The highest BCUT2D eigenvalue weighted by atomic mass is 16.4. The van der Waals surface area contributed by atoms with E-state index < -0.39 is 17.3 Å². The molecule has 1 amide bonds. The summed E-state index contributed by atoms with van der Waals surface area (Å²) in [6, 6.07) is 0.135. The first-order valence-electron chi connectivity index (χ1n) is 6.76. The van der Waals surface area contributed by atoms with Crippen LogP contribution in [-0.4, -0.2) is 23.0 Å². The number of nitrogens with one attached hydrogen (secondary N) is 1. The van der Waals surface area contributed by atoms with E-state index in [0.29, 0.717) is 5.92 Å². The highest BCUT2D eigenvalue weighted by Crippen LogP contribution is 2.28.